The number of amides is 4. The van der Waals surface area contributed by atoms with Crippen LogP contribution in [0.25, 0.3) is 0 Å². The smallest absolute Gasteiger partial charge is 0.408 e. The second kappa shape index (κ2) is 16.0. The van der Waals surface area contributed by atoms with Crippen molar-refractivity contribution in [2.24, 2.45) is 17.6 Å². The first kappa shape index (κ1) is 37.6. The van der Waals surface area contributed by atoms with E-state index in [9.17, 15) is 32.4 Å². The molecule has 2 saturated carbocycles. The van der Waals surface area contributed by atoms with Gasteiger partial charge < -0.3 is 34.9 Å². The first-order chi connectivity index (χ1) is 23.1. The van der Waals surface area contributed by atoms with Crippen LogP contribution in [0.15, 0.2) is 36.4 Å². The molecule has 270 valence electrons. The van der Waals surface area contributed by atoms with Gasteiger partial charge in [0.2, 0.25) is 27.7 Å². The number of esters is 1. The number of allylic oxidation sites excluding steroid dienone is 1. The molecule has 4 rings (SSSR count). The average Bonchev–Trinajstić information content (AvgIpc) is 3.96. The van der Waals surface area contributed by atoms with Crippen LogP contribution in [0, 0.1) is 11.8 Å². The Hall–Kier alpha value is -4.18. The highest BCUT2D eigenvalue weighted by atomic mass is 32.2. The van der Waals surface area contributed by atoms with Crippen molar-refractivity contribution in [3.8, 4) is 5.75 Å². The maximum absolute atomic E-state index is 13.8. The number of nitrogens with one attached hydrogen (secondary N) is 2. The molecule has 0 unspecified atom stereocenters. The predicted molar refractivity (Wildman–Crippen MR) is 176 cm³/mol. The van der Waals surface area contributed by atoms with Gasteiger partial charge in [0.25, 0.3) is 0 Å². The van der Waals surface area contributed by atoms with Crippen molar-refractivity contribution in [2.45, 2.75) is 88.3 Å². The Labute approximate surface area is 286 Å². The zero-order valence-electron chi connectivity index (χ0n) is 28.2. The van der Waals surface area contributed by atoms with Crippen LogP contribution in [-0.2, 0) is 38.6 Å². The Morgan fingerprint density at radius 2 is 1.78 bits per heavy atom. The van der Waals surface area contributed by atoms with Crippen molar-refractivity contribution in [3.63, 3.8) is 0 Å². The lowest BCUT2D eigenvalue weighted by Gasteiger charge is -2.28. The predicted octanol–water partition coefficient (Wildman–Crippen LogP) is 1.80. The van der Waals surface area contributed by atoms with E-state index in [-0.39, 0.29) is 50.0 Å². The number of methoxy groups -OCH3 is 1. The highest BCUT2D eigenvalue weighted by molar-refractivity contribution is 7.90. The lowest BCUT2D eigenvalue weighted by Crippen LogP contribution is -2.53. The largest absolute Gasteiger partial charge is 0.497 e. The minimum atomic E-state index is -3.57. The normalized spacial score (nSPS) is 22.7. The molecule has 2 aliphatic carbocycles. The van der Waals surface area contributed by atoms with Crippen molar-refractivity contribution in [2.75, 3.05) is 26.9 Å². The van der Waals surface area contributed by atoms with E-state index in [1.54, 1.807) is 39.0 Å². The second-order valence-electron chi connectivity index (χ2n) is 13.5. The van der Waals surface area contributed by atoms with Gasteiger partial charge in [-0.15, -0.1) is 0 Å². The highest BCUT2D eigenvalue weighted by Crippen LogP contribution is 2.40. The van der Waals surface area contributed by atoms with Crippen LogP contribution in [0.2, 0.25) is 0 Å². The molecule has 1 saturated heterocycles. The summed E-state index contributed by atoms with van der Waals surface area (Å²) in [6.07, 6.45) is 4.14. The topological polar surface area (TPSA) is 210 Å². The zero-order chi connectivity index (χ0) is 35.9. The number of carbonyl (C=O) groups excluding carboxylic acids is 5. The Bertz CT molecular complexity index is 1520. The van der Waals surface area contributed by atoms with Gasteiger partial charge in [-0.1, -0.05) is 12.2 Å². The van der Waals surface area contributed by atoms with Gasteiger partial charge in [-0.3, -0.25) is 19.1 Å². The van der Waals surface area contributed by atoms with Crippen molar-refractivity contribution in [1.82, 2.24) is 14.9 Å². The molecule has 1 aromatic rings. The molecule has 49 heavy (non-hydrogen) atoms. The molecule has 16 heteroatoms. The molecular weight excluding hydrogens is 660 g/mol. The number of ether oxygens (including phenoxy) is 4. The number of hydrogen-bond donors (Lipinski definition) is 3. The van der Waals surface area contributed by atoms with Gasteiger partial charge in [-0.05, 0) is 83.1 Å². The number of rotatable bonds is 16. The Morgan fingerprint density at radius 1 is 1.08 bits per heavy atom. The number of alkyl carbamates (subject to hydrolysis) is 1. The van der Waals surface area contributed by atoms with E-state index < -0.39 is 68.8 Å². The van der Waals surface area contributed by atoms with Crippen LogP contribution in [0.1, 0.15) is 69.7 Å². The lowest BCUT2D eigenvalue weighted by atomic mass is 10.1. The van der Waals surface area contributed by atoms with E-state index >= 15 is 0 Å². The first-order valence-electron chi connectivity index (χ1n) is 16.3. The fourth-order valence-electron chi connectivity index (χ4n) is 5.43. The Balaban J connectivity index is 1.28. The van der Waals surface area contributed by atoms with Crippen LogP contribution >= 0.6 is 0 Å². The molecule has 1 heterocycles. The summed E-state index contributed by atoms with van der Waals surface area (Å²) < 4.78 is 47.9. The summed E-state index contributed by atoms with van der Waals surface area (Å²) in [5.41, 5.74) is 5.07. The average molecular weight is 707 g/mol. The SMILES string of the molecule is COc1ccc(C(=O)O[C@@H]2C[C@@H](C(N)=O)N(C(=O)[C@H](CCCOC/C=C\[C@@H]3C[C@@H]3C(=O)NS(=O)(=O)C3CC3)NC(=O)OC(C)(C)C)C2)cc1. The number of hydrogen-bond acceptors (Lipinski definition) is 11. The van der Waals surface area contributed by atoms with Gasteiger partial charge in [0.1, 0.15) is 29.5 Å². The first-order valence-corrected chi connectivity index (χ1v) is 17.9. The van der Waals surface area contributed by atoms with Crippen LogP contribution in [-0.4, -0.2) is 99.0 Å². The van der Waals surface area contributed by atoms with E-state index in [2.05, 4.69) is 10.0 Å². The maximum Gasteiger partial charge on any atom is 0.408 e. The molecule has 0 radical (unpaired) electrons. The van der Waals surface area contributed by atoms with Gasteiger partial charge in [0.05, 0.1) is 31.1 Å². The number of benzene rings is 1. The number of likely N-dealkylation sites (tertiary alicyclic amines) is 1. The van der Waals surface area contributed by atoms with Gasteiger partial charge in [0, 0.05) is 18.9 Å². The summed E-state index contributed by atoms with van der Waals surface area (Å²) in [5.74, 6) is -2.35. The van der Waals surface area contributed by atoms with Crippen molar-refractivity contribution in [3.05, 3.63) is 42.0 Å². The Kier molecular flexibility index (Phi) is 12.3. The third-order valence-corrected chi connectivity index (χ3v) is 10.1. The molecule has 3 fully saturated rings. The summed E-state index contributed by atoms with van der Waals surface area (Å²) in [7, 11) is -2.07. The van der Waals surface area contributed by atoms with Crippen molar-refractivity contribution in [1.29, 1.82) is 0 Å². The van der Waals surface area contributed by atoms with E-state index in [4.69, 9.17) is 24.7 Å². The molecule has 15 nitrogen and oxygen atoms in total. The fraction of sp³-hybridized carbons (Fsp3) is 0.606. The summed E-state index contributed by atoms with van der Waals surface area (Å²) in [5, 5.41) is 2.14. The summed E-state index contributed by atoms with van der Waals surface area (Å²) >= 11 is 0. The minimum Gasteiger partial charge on any atom is -0.497 e. The molecule has 5 atom stereocenters. The number of nitrogens with zero attached hydrogens (tertiary/aromatic N) is 1. The zero-order valence-corrected chi connectivity index (χ0v) is 29.0. The van der Waals surface area contributed by atoms with Crippen LogP contribution in [0.3, 0.4) is 0 Å². The van der Waals surface area contributed by atoms with Crippen LogP contribution < -0.4 is 20.5 Å². The second-order valence-corrected chi connectivity index (χ2v) is 15.4. The molecule has 3 aliphatic rings. The number of primary amides is 1. The Morgan fingerprint density at radius 3 is 2.39 bits per heavy atom. The maximum atomic E-state index is 13.8. The van der Waals surface area contributed by atoms with Gasteiger partial charge in [-0.25, -0.2) is 18.0 Å². The highest BCUT2D eigenvalue weighted by Gasteiger charge is 2.45. The third-order valence-electron chi connectivity index (χ3n) is 8.22. The number of nitrogens with two attached hydrogens (primary N) is 1. The molecule has 4 N–H and O–H groups in total. The monoisotopic (exact) mass is 706 g/mol. The molecular formula is C33H46N4O11S. The molecule has 0 aromatic heterocycles. The minimum absolute atomic E-state index is 0.00257. The summed E-state index contributed by atoms with van der Waals surface area (Å²) in [4.78, 5) is 65.0. The van der Waals surface area contributed by atoms with Crippen LogP contribution in [0.5, 0.6) is 5.75 Å². The van der Waals surface area contributed by atoms with Gasteiger partial charge >= 0.3 is 12.1 Å². The molecule has 1 aromatic carbocycles. The summed E-state index contributed by atoms with van der Waals surface area (Å²) in [6.45, 7) is 5.39. The van der Waals surface area contributed by atoms with Gasteiger partial charge in [-0.2, -0.15) is 0 Å². The molecule has 0 spiro atoms. The molecule has 4 amide bonds. The third kappa shape index (κ3) is 11.2. The van der Waals surface area contributed by atoms with Gasteiger partial charge in [0.15, 0.2) is 0 Å². The van der Waals surface area contributed by atoms with E-state index in [0.29, 0.717) is 31.4 Å². The summed E-state index contributed by atoms with van der Waals surface area (Å²) in [6, 6.07) is 4.13. The number of sulfonamides is 1. The lowest BCUT2D eigenvalue weighted by molar-refractivity contribution is -0.139. The van der Waals surface area contributed by atoms with E-state index in [1.165, 1.54) is 24.1 Å². The standard InChI is InChI=1S/C33H46N4O11S/c1-33(2,3)48-32(42)35-26(8-6-16-46-15-5-7-21-17-25(21)29(39)36-49(43,44)24-13-14-24)30(40)37-19-23(18-27(37)28(34)38)47-31(41)20-9-11-22(45-4)12-10-20/h5,7,9-12,21,23-27H,6,8,13-19H2,1-4H3,(H2,34,38)(H,35,42)(H,36,39)/b7-5-/t21-,23-,25+,26+,27+/m1/s1. The molecule has 0 bridgehead atoms. The van der Waals surface area contributed by atoms with Crippen molar-refractivity contribution >= 4 is 39.8 Å². The number of carbonyl (C=O) groups is 5. The van der Waals surface area contributed by atoms with Crippen LogP contribution in [0.4, 0.5) is 4.79 Å². The molecule has 1 aliphatic heterocycles. The van der Waals surface area contributed by atoms with Crippen molar-refractivity contribution < 1.29 is 51.3 Å². The quantitative estimate of drug-likeness (QED) is 0.128. The van der Waals surface area contributed by atoms with E-state index in [1.807, 2.05) is 6.08 Å². The fourth-order valence-corrected chi connectivity index (χ4v) is 6.78. The van der Waals surface area contributed by atoms with E-state index in [0.717, 1.165) is 0 Å².